The highest BCUT2D eigenvalue weighted by Gasteiger charge is 2.02. The van der Waals surface area contributed by atoms with E-state index in [0.717, 1.165) is 35.3 Å². The number of thiocarbonyl (C=S) groups is 1. The number of anilines is 1. The van der Waals surface area contributed by atoms with E-state index in [0.29, 0.717) is 4.99 Å². The minimum Gasteiger partial charge on any atom is -0.389 e. The molecule has 4 heteroatoms. The van der Waals surface area contributed by atoms with Gasteiger partial charge in [0.05, 0.1) is 0 Å². The molecular weight excluding hydrogens is 271 g/mol. The minimum absolute atomic E-state index is 0.195. The number of nitrogens with two attached hydrogens (primary N) is 1. The van der Waals surface area contributed by atoms with Crippen LogP contribution in [0.4, 0.5) is 10.1 Å². The zero-order chi connectivity index (χ0) is 14.5. The average molecular weight is 288 g/mol. The van der Waals surface area contributed by atoms with E-state index in [1.807, 2.05) is 31.2 Å². The molecule has 0 atom stereocenters. The molecule has 0 heterocycles. The summed E-state index contributed by atoms with van der Waals surface area (Å²) in [5.41, 5.74) is 9.57. The van der Waals surface area contributed by atoms with Crippen LogP contribution in [0.1, 0.15) is 16.7 Å². The SMILES string of the molecule is Cc1cc(NCCc2cccc(F)c2)ccc1C(N)=S. The molecule has 2 aromatic rings. The van der Waals surface area contributed by atoms with Crippen molar-refractivity contribution >= 4 is 22.9 Å². The maximum absolute atomic E-state index is 13.0. The molecule has 0 unspecified atom stereocenters. The number of halogens is 1. The summed E-state index contributed by atoms with van der Waals surface area (Å²) in [6.07, 6.45) is 0.772. The molecular formula is C16H17FN2S. The standard InChI is InChI=1S/C16H17FN2S/c1-11-9-14(5-6-15(11)16(18)20)19-8-7-12-3-2-4-13(17)10-12/h2-6,9-10,19H,7-8H2,1H3,(H2,18,20). The van der Waals surface area contributed by atoms with Crippen molar-refractivity contribution in [3.05, 3.63) is 65.0 Å². The van der Waals surface area contributed by atoms with E-state index in [9.17, 15) is 4.39 Å². The van der Waals surface area contributed by atoms with E-state index < -0.39 is 0 Å². The number of nitrogens with one attached hydrogen (secondary N) is 1. The molecule has 0 saturated carbocycles. The van der Waals surface area contributed by atoms with Crippen LogP contribution in [0.15, 0.2) is 42.5 Å². The third-order valence-electron chi connectivity index (χ3n) is 3.12. The Kier molecular flexibility index (Phi) is 4.69. The molecule has 0 aliphatic carbocycles. The summed E-state index contributed by atoms with van der Waals surface area (Å²) in [7, 11) is 0. The van der Waals surface area contributed by atoms with E-state index in [1.54, 1.807) is 12.1 Å². The Morgan fingerprint density at radius 1 is 1.25 bits per heavy atom. The second-order valence-corrected chi connectivity index (χ2v) is 5.14. The molecule has 0 aliphatic rings. The Morgan fingerprint density at radius 3 is 2.70 bits per heavy atom. The summed E-state index contributed by atoms with van der Waals surface area (Å²) in [6, 6.07) is 12.5. The molecule has 0 fully saturated rings. The molecule has 20 heavy (non-hydrogen) atoms. The van der Waals surface area contributed by atoms with Gasteiger partial charge in [-0.3, -0.25) is 0 Å². The minimum atomic E-state index is -0.195. The summed E-state index contributed by atoms with van der Waals surface area (Å²) < 4.78 is 13.0. The third-order valence-corrected chi connectivity index (χ3v) is 3.34. The maximum Gasteiger partial charge on any atom is 0.123 e. The van der Waals surface area contributed by atoms with Crippen molar-refractivity contribution in [1.29, 1.82) is 0 Å². The first-order chi connectivity index (χ1) is 9.56. The van der Waals surface area contributed by atoms with Gasteiger partial charge in [0.15, 0.2) is 0 Å². The molecule has 2 aromatic carbocycles. The zero-order valence-electron chi connectivity index (χ0n) is 11.3. The highest BCUT2D eigenvalue weighted by Crippen LogP contribution is 2.15. The normalized spacial score (nSPS) is 10.3. The van der Waals surface area contributed by atoms with Crippen LogP contribution in [-0.2, 0) is 6.42 Å². The number of hydrogen-bond donors (Lipinski definition) is 2. The Morgan fingerprint density at radius 2 is 2.05 bits per heavy atom. The van der Waals surface area contributed by atoms with Crippen LogP contribution in [0.2, 0.25) is 0 Å². The smallest absolute Gasteiger partial charge is 0.123 e. The van der Waals surface area contributed by atoms with Crippen LogP contribution in [0.25, 0.3) is 0 Å². The highest BCUT2D eigenvalue weighted by atomic mass is 32.1. The van der Waals surface area contributed by atoms with Crippen molar-refractivity contribution < 1.29 is 4.39 Å². The van der Waals surface area contributed by atoms with Gasteiger partial charge < -0.3 is 11.1 Å². The largest absolute Gasteiger partial charge is 0.389 e. The monoisotopic (exact) mass is 288 g/mol. The topological polar surface area (TPSA) is 38.0 Å². The van der Waals surface area contributed by atoms with Crippen LogP contribution < -0.4 is 11.1 Å². The lowest BCUT2D eigenvalue weighted by Gasteiger charge is -2.10. The number of benzene rings is 2. The summed E-state index contributed by atoms with van der Waals surface area (Å²) in [5.74, 6) is -0.195. The summed E-state index contributed by atoms with van der Waals surface area (Å²) >= 11 is 4.98. The second kappa shape index (κ2) is 6.48. The number of rotatable bonds is 5. The summed E-state index contributed by atoms with van der Waals surface area (Å²) in [4.78, 5) is 0.411. The molecule has 2 nitrogen and oxygen atoms in total. The number of hydrogen-bond acceptors (Lipinski definition) is 2. The van der Waals surface area contributed by atoms with Gasteiger partial charge in [-0.1, -0.05) is 24.4 Å². The van der Waals surface area contributed by atoms with Gasteiger partial charge in [0.1, 0.15) is 10.8 Å². The molecule has 104 valence electrons. The van der Waals surface area contributed by atoms with Crippen molar-refractivity contribution in [2.24, 2.45) is 5.73 Å². The Hall–Kier alpha value is -1.94. The van der Waals surface area contributed by atoms with Crippen LogP contribution in [0.5, 0.6) is 0 Å². The fourth-order valence-electron chi connectivity index (χ4n) is 2.09. The third kappa shape index (κ3) is 3.78. The first-order valence-corrected chi connectivity index (χ1v) is 6.86. The van der Waals surface area contributed by atoms with Gasteiger partial charge in [0, 0.05) is 17.8 Å². The van der Waals surface area contributed by atoms with Crippen molar-refractivity contribution in [2.75, 3.05) is 11.9 Å². The number of aryl methyl sites for hydroxylation is 1. The van der Waals surface area contributed by atoms with E-state index >= 15 is 0 Å². The fraction of sp³-hybridized carbons (Fsp3) is 0.188. The van der Waals surface area contributed by atoms with Gasteiger partial charge in [-0.05, 0) is 54.8 Å². The summed E-state index contributed by atoms with van der Waals surface area (Å²) in [5, 5.41) is 3.31. The van der Waals surface area contributed by atoms with Crippen molar-refractivity contribution in [3.8, 4) is 0 Å². The van der Waals surface area contributed by atoms with Crippen LogP contribution in [-0.4, -0.2) is 11.5 Å². The maximum atomic E-state index is 13.0. The molecule has 0 radical (unpaired) electrons. The predicted octanol–water partition coefficient (Wildman–Crippen LogP) is 3.42. The first kappa shape index (κ1) is 14.5. The van der Waals surface area contributed by atoms with Gasteiger partial charge in [0.25, 0.3) is 0 Å². The fourth-order valence-corrected chi connectivity index (χ4v) is 2.32. The van der Waals surface area contributed by atoms with E-state index in [2.05, 4.69) is 5.32 Å². The lowest BCUT2D eigenvalue weighted by molar-refractivity contribution is 0.625. The van der Waals surface area contributed by atoms with Gasteiger partial charge in [-0.15, -0.1) is 0 Å². The quantitative estimate of drug-likeness (QED) is 0.828. The van der Waals surface area contributed by atoms with Crippen molar-refractivity contribution in [2.45, 2.75) is 13.3 Å². The van der Waals surface area contributed by atoms with Gasteiger partial charge in [0.2, 0.25) is 0 Å². The molecule has 0 aromatic heterocycles. The second-order valence-electron chi connectivity index (χ2n) is 4.70. The Balaban J connectivity index is 1.94. The van der Waals surface area contributed by atoms with E-state index in [1.165, 1.54) is 6.07 Å². The van der Waals surface area contributed by atoms with E-state index in [-0.39, 0.29) is 5.82 Å². The van der Waals surface area contributed by atoms with Gasteiger partial charge in [-0.2, -0.15) is 0 Å². The Bertz CT molecular complexity index is 626. The van der Waals surface area contributed by atoms with Crippen LogP contribution >= 0.6 is 12.2 Å². The summed E-state index contributed by atoms with van der Waals surface area (Å²) in [6.45, 7) is 2.72. The lowest BCUT2D eigenvalue weighted by atomic mass is 10.1. The van der Waals surface area contributed by atoms with Crippen molar-refractivity contribution in [3.63, 3.8) is 0 Å². The molecule has 0 spiro atoms. The van der Waals surface area contributed by atoms with E-state index in [4.69, 9.17) is 18.0 Å². The molecule has 2 rings (SSSR count). The predicted molar refractivity (Wildman–Crippen MR) is 85.7 cm³/mol. The van der Waals surface area contributed by atoms with Crippen LogP contribution in [0.3, 0.4) is 0 Å². The molecule has 3 N–H and O–H groups in total. The van der Waals surface area contributed by atoms with Crippen molar-refractivity contribution in [1.82, 2.24) is 0 Å². The lowest BCUT2D eigenvalue weighted by Crippen LogP contribution is -2.12. The molecule has 0 saturated heterocycles. The average Bonchev–Trinajstić information content (AvgIpc) is 2.38. The molecule has 0 amide bonds. The zero-order valence-corrected chi connectivity index (χ0v) is 12.1. The molecule has 0 bridgehead atoms. The first-order valence-electron chi connectivity index (χ1n) is 6.45. The van der Waals surface area contributed by atoms with Gasteiger partial charge in [-0.25, -0.2) is 4.39 Å². The highest BCUT2D eigenvalue weighted by molar-refractivity contribution is 7.80. The molecule has 0 aliphatic heterocycles. The van der Waals surface area contributed by atoms with Crippen LogP contribution in [0, 0.1) is 12.7 Å². The van der Waals surface area contributed by atoms with Gasteiger partial charge >= 0.3 is 0 Å². The Labute approximate surface area is 123 Å².